The zero-order valence-electron chi connectivity index (χ0n) is 16.4. The Morgan fingerprint density at radius 2 is 1.84 bits per heavy atom. The lowest BCUT2D eigenvalue weighted by atomic mass is 10.3. The van der Waals surface area contributed by atoms with Crippen LogP contribution in [0.25, 0.3) is 11.0 Å². The van der Waals surface area contributed by atoms with E-state index in [0.29, 0.717) is 16.5 Å². The molecule has 2 aromatic heterocycles. The predicted molar refractivity (Wildman–Crippen MR) is 119 cm³/mol. The number of fused-ring (bicyclic) bond motifs is 1. The van der Waals surface area contributed by atoms with Crippen LogP contribution in [-0.4, -0.2) is 40.0 Å². The number of H-pyrrole nitrogens is 1. The summed E-state index contributed by atoms with van der Waals surface area (Å²) in [6.45, 7) is 1.74. The molecule has 4 rings (SSSR count). The summed E-state index contributed by atoms with van der Waals surface area (Å²) in [5.41, 5.74) is 2.88. The third kappa shape index (κ3) is 5.19. The minimum absolute atomic E-state index is 0.00000811. The van der Waals surface area contributed by atoms with E-state index in [9.17, 15) is 13.2 Å². The van der Waals surface area contributed by atoms with Crippen molar-refractivity contribution >= 4 is 50.4 Å². The molecule has 0 saturated carbocycles. The number of nitrogens with one attached hydrogen (secondary N) is 3. The maximum absolute atomic E-state index is 12.5. The number of sulfonamides is 1. The van der Waals surface area contributed by atoms with Crippen molar-refractivity contribution in [2.75, 3.05) is 15.8 Å². The second-order valence-corrected chi connectivity index (χ2v) is 9.19. The molecule has 0 saturated heterocycles. The summed E-state index contributed by atoms with van der Waals surface area (Å²) in [6.07, 6.45) is 1.47. The van der Waals surface area contributed by atoms with Crippen LogP contribution in [0.5, 0.6) is 0 Å². The van der Waals surface area contributed by atoms with Gasteiger partial charge in [-0.3, -0.25) is 4.79 Å². The minimum atomic E-state index is -3.84. The fraction of sp³-hybridized carbons (Fsp3) is 0.100. The van der Waals surface area contributed by atoms with E-state index in [1.54, 1.807) is 13.0 Å². The molecule has 3 N–H and O–H groups in total. The van der Waals surface area contributed by atoms with E-state index in [0.717, 1.165) is 11.0 Å². The number of anilines is 2. The van der Waals surface area contributed by atoms with E-state index in [-0.39, 0.29) is 22.5 Å². The van der Waals surface area contributed by atoms with Crippen molar-refractivity contribution in [2.45, 2.75) is 17.0 Å². The Hall–Kier alpha value is -3.44. The molecular formula is C20H18N6O3S2. The summed E-state index contributed by atoms with van der Waals surface area (Å²) in [5, 5.41) is 3.40. The van der Waals surface area contributed by atoms with Crippen LogP contribution in [0.1, 0.15) is 5.69 Å². The Bertz CT molecular complexity index is 1300. The molecule has 0 aliphatic carbocycles. The zero-order valence-corrected chi connectivity index (χ0v) is 18.0. The summed E-state index contributed by atoms with van der Waals surface area (Å²) >= 11 is 1.28. The zero-order chi connectivity index (χ0) is 21.8. The lowest BCUT2D eigenvalue weighted by molar-refractivity contribution is -0.113. The van der Waals surface area contributed by atoms with Gasteiger partial charge in [-0.05, 0) is 49.4 Å². The number of nitrogens with zero attached hydrogens (tertiary/aromatic N) is 3. The normalized spacial score (nSPS) is 11.4. The number of para-hydroxylation sites is 2. The first kappa shape index (κ1) is 20.8. The van der Waals surface area contributed by atoms with Gasteiger partial charge in [-0.2, -0.15) is 0 Å². The van der Waals surface area contributed by atoms with Crippen molar-refractivity contribution in [3.63, 3.8) is 0 Å². The second kappa shape index (κ2) is 8.74. The van der Waals surface area contributed by atoms with Crippen LogP contribution in [-0.2, 0) is 14.8 Å². The van der Waals surface area contributed by atoms with Gasteiger partial charge in [-0.15, -0.1) is 0 Å². The first-order valence-electron chi connectivity index (χ1n) is 9.19. The Morgan fingerprint density at radius 1 is 1.06 bits per heavy atom. The smallest absolute Gasteiger partial charge is 0.264 e. The third-order valence-corrected chi connectivity index (χ3v) is 6.39. The van der Waals surface area contributed by atoms with Crippen molar-refractivity contribution in [2.24, 2.45) is 0 Å². The van der Waals surface area contributed by atoms with Gasteiger partial charge < -0.3 is 10.3 Å². The first-order valence-corrected chi connectivity index (χ1v) is 11.7. The molecule has 0 atom stereocenters. The number of carbonyl (C=O) groups excluding carboxylic acids is 1. The van der Waals surface area contributed by atoms with E-state index in [4.69, 9.17) is 0 Å². The molecule has 2 heterocycles. The highest BCUT2D eigenvalue weighted by Crippen LogP contribution is 2.20. The molecule has 0 bridgehead atoms. The first-order chi connectivity index (χ1) is 14.9. The van der Waals surface area contributed by atoms with Crippen molar-refractivity contribution in [3.8, 4) is 0 Å². The second-order valence-electron chi connectivity index (χ2n) is 6.55. The van der Waals surface area contributed by atoms with Gasteiger partial charge in [0, 0.05) is 17.6 Å². The number of carbonyl (C=O) groups is 1. The number of rotatable bonds is 7. The average Bonchev–Trinajstić information content (AvgIpc) is 3.15. The molecule has 0 unspecified atom stereocenters. The average molecular weight is 455 g/mol. The molecule has 158 valence electrons. The topological polar surface area (TPSA) is 130 Å². The highest BCUT2D eigenvalue weighted by molar-refractivity contribution is 7.99. The summed E-state index contributed by atoms with van der Waals surface area (Å²) in [7, 11) is -3.84. The van der Waals surface area contributed by atoms with E-state index < -0.39 is 10.0 Å². The van der Waals surface area contributed by atoms with Gasteiger partial charge in [0.05, 0.1) is 21.7 Å². The van der Waals surface area contributed by atoms with Crippen LogP contribution in [0.2, 0.25) is 0 Å². The van der Waals surface area contributed by atoms with E-state index >= 15 is 0 Å². The number of benzene rings is 2. The van der Waals surface area contributed by atoms with Gasteiger partial charge in [-0.1, -0.05) is 23.9 Å². The molecule has 0 aliphatic heterocycles. The van der Waals surface area contributed by atoms with E-state index in [1.165, 1.54) is 42.2 Å². The van der Waals surface area contributed by atoms with Crippen molar-refractivity contribution in [1.29, 1.82) is 0 Å². The van der Waals surface area contributed by atoms with Gasteiger partial charge in [0.15, 0.2) is 5.16 Å². The molecule has 11 heteroatoms. The Morgan fingerprint density at radius 3 is 2.58 bits per heavy atom. The van der Waals surface area contributed by atoms with Crippen LogP contribution in [0.15, 0.2) is 70.8 Å². The minimum Gasteiger partial charge on any atom is -0.333 e. The van der Waals surface area contributed by atoms with Crippen LogP contribution in [0, 0.1) is 6.92 Å². The van der Waals surface area contributed by atoms with Gasteiger partial charge in [-0.25, -0.2) is 28.1 Å². The number of amides is 1. The largest absolute Gasteiger partial charge is 0.333 e. The molecular weight excluding hydrogens is 436 g/mol. The molecule has 0 spiro atoms. The molecule has 0 aliphatic rings. The van der Waals surface area contributed by atoms with Gasteiger partial charge in [0.2, 0.25) is 11.9 Å². The Kier molecular flexibility index (Phi) is 5.87. The summed E-state index contributed by atoms with van der Waals surface area (Å²) < 4.78 is 27.3. The van der Waals surface area contributed by atoms with Crippen LogP contribution < -0.4 is 10.0 Å². The Labute approximate surface area is 182 Å². The number of aromatic nitrogens is 4. The predicted octanol–water partition coefficient (Wildman–Crippen LogP) is 3.19. The van der Waals surface area contributed by atoms with Crippen LogP contribution in [0.4, 0.5) is 11.6 Å². The molecule has 1 amide bonds. The molecule has 0 fully saturated rings. The maximum atomic E-state index is 12.5. The quantitative estimate of drug-likeness (QED) is 0.366. The number of hydrogen-bond donors (Lipinski definition) is 3. The van der Waals surface area contributed by atoms with Gasteiger partial charge >= 0.3 is 0 Å². The number of aryl methyl sites for hydroxylation is 1. The van der Waals surface area contributed by atoms with Crippen LogP contribution in [0.3, 0.4) is 0 Å². The van der Waals surface area contributed by atoms with Crippen molar-refractivity contribution in [3.05, 3.63) is 66.5 Å². The maximum Gasteiger partial charge on any atom is 0.264 e. The standard InChI is InChI=1S/C20H18N6O3S2/c1-13-10-11-21-19(22-13)26-31(28,29)15-8-6-14(7-9-15)23-18(27)12-30-20-24-16-4-2-3-5-17(16)25-20/h2-11H,12H2,1H3,(H,23,27)(H,24,25)(H,21,22,26). The lowest BCUT2D eigenvalue weighted by Crippen LogP contribution is -2.16. The fourth-order valence-corrected chi connectivity index (χ4v) is 4.36. The highest BCUT2D eigenvalue weighted by atomic mass is 32.2. The molecule has 31 heavy (non-hydrogen) atoms. The van der Waals surface area contributed by atoms with E-state index in [1.807, 2.05) is 24.3 Å². The summed E-state index contributed by atoms with van der Waals surface area (Å²) in [6, 6.07) is 15.1. The fourth-order valence-electron chi connectivity index (χ4n) is 2.72. The molecule has 2 aromatic carbocycles. The molecule has 0 radical (unpaired) electrons. The van der Waals surface area contributed by atoms with Crippen molar-refractivity contribution < 1.29 is 13.2 Å². The summed E-state index contributed by atoms with van der Waals surface area (Å²) in [4.78, 5) is 27.8. The molecule has 9 nitrogen and oxygen atoms in total. The number of thioether (sulfide) groups is 1. The number of aromatic amines is 1. The van der Waals surface area contributed by atoms with E-state index in [2.05, 4.69) is 30.0 Å². The van der Waals surface area contributed by atoms with Crippen molar-refractivity contribution in [1.82, 2.24) is 19.9 Å². The highest BCUT2D eigenvalue weighted by Gasteiger charge is 2.16. The SMILES string of the molecule is Cc1ccnc(NS(=O)(=O)c2ccc(NC(=O)CSc3nc4ccccc4[nH]3)cc2)n1. The molecule has 4 aromatic rings. The Balaban J connectivity index is 1.35. The summed E-state index contributed by atoms with van der Waals surface area (Å²) in [5.74, 6) is -0.0705. The monoisotopic (exact) mass is 454 g/mol. The van der Waals surface area contributed by atoms with Gasteiger partial charge in [0.1, 0.15) is 0 Å². The number of hydrogen-bond acceptors (Lipinski definition) is 7. The van der Waals surface area contributed by atoms with Crippen LogP contribution >= 0.6 is 11.8 Å². The third-order valence-electron chi connectivity index (χ3n) is 4.18. The number of imidazole rings is 1. The van der Waals surface area contributed by atoms with Gasteiger partial charge in [0.25, 0.3) is 10.0 Å². The lowest BCUT2D eigenvalue weighted by Gasteiger charge is -2.08.